The summed E-state index contributed by atoms with van der Waals surface area (Å²) < 4.78 is 49.1. The van der Waals surface area contributed by atoms with Crippen molar-refractivity contribution in [2.24, 2.45) is 5.73 Å². The van der Waals surface area contributed by atoms with Gasteiger partial charge < -0.3 is 5.73 Å². The number of hydrogen-bond donors (Lipinski definition) is 2. The van der Waals surface area contributed by atoms with Crippen molar-refractivity contribution < 1.29 is 16.8 Å². The van der Waals surface area contributed by atoms with Crippen LogP contribution in [0.25, 0.3) is 0 Å². The number of halogens is 1. The number of hydrogen-bond acceptors (Lipinski definition) is 5. The van der Waals surface area contributed by atoms with E-state index in [0.717, 1.165) is 6.26 Å². The fourth-order valence-electron chi connectivity index (χ4n) is 1.33. The minimum absolute atomic E-state index is 0. The topological polar surface area (TPSA) is 106 Å². The van der Waals surface area contributed by atoms with Crippen LogP contribution in [0.1, 0.15) is 13.8 Å². The van der Waals surface area contributed by atoms with E-state index < -0.39 is 25.4 Å². The SMILES string of the molecule is CC(C)(CN)NS(=O)(=O)c1ccc(S(C)(=O)=O)cc1.Cl. The Morgan fingerprint density at radius 2 is 1.45 bits per heavy atom. The first-order chi connectivity index (χ1) is 8.48. The molecule has 0 saturated carbocycles. The van der Waals surface area contributed by atoms with Crippen LogP contribution in [0.4, 0.5) is 0 Å². The van der Waals surface area contributed by atoms with Gasteiger partial charge in [0, 0.05) is 18.3 Å². The van der Waals surface area contributed by atoms with Gasteiger partial charge in [-0.3, -0.25) is 0 Å². The molecule has 0 fully saturated rings. The molecule has 116 valence electrons. The maximum atomic E-state index is 12.1. The molecule has 3 N–H and O–H groups in total. The second-order valence-electron chi connectivity index (χ2n) is 4.94. The van der Waals surface area contributed by atoms with Gasteiger partial charge in [-0.05, 0) is 38.1 Å². The summed E-state index contributed by atoms with van der Waals surface area (Å²) in [5.41, 5.74) is 4.70. The number of rotatable bonds is 5. The lowest BCUT2D eigenvalue weighted by molar-refractivity contribution is 0.462. The van der Waals surface area contributed by atoms with Gasteiger partial charge in [-0.1, -0.05) is 0 Å². The van der Waals surface area contributed by atoms with Crippen LogP contribution < -0.4 is 10.5 Å². The minimum atomic E-state index is -3.72. The van der Waals surface area contributed by atoms with Crippen molar-refractivity contribution in [3.8, 4) is 0 Å². The quantitative estimate of drug-likeness (QED) is 0.811. The highest BCUT2D eigenvalue weighted by atomic mass is 35.5. The molecule has 1 aromatic rings. The van der Waals surface area contributed by atoms with Crippen LogP contribution in [0.15, 0.2) is 34.1 Å². The van der Waals surface area contributed by atoms with Gasteiger partial charge in [-0.2, -0.15) is 0 Å². The summed E-state index contributed by atoms with van der Waals surface area (Å²) in [6.45, 7) is 3.47. The third-order valence-corrected chi connectivity index (χ3v) is 5.33. The van der Waals surface area contributed by atoms with Crippen molar-refractivity contribution >= 4 is 32.3 Å². The molecule has 0 atom stereocenters. The van der Waals surface area contributed by atoms with E-state index in [1.54, 1.807) is 13.8 Å². The standard InChI is InChI=1S/C11H18N2O4S2.ClH/c1-11(2,8-12)13-19(16,17)10-6-4-9(5-7-10)18(3,14)15;/h4-7,13H,8,12H2,1-3H3;1H. The Kier molecular flexibility index (Phi) is 6.18. The highest BCUT2D eigenvalue weighted by molar-refractivity contribution is 7.90. The summed E-state index contributed by atoms with van der Waals surface area (Å²) in [4.78, 5) is 0.0750. The third kappa shape index (κ3) is 5.02. The largest absolute Gasteiger partial charge is 0.329 e. The van der Waals surface area contributed by atoms with E-state index in [-0.39, 0.29) is 28.7 Å². The van der Waals surface area contributed by atoms with E-state index in [9.17, 15) is 16.8 Å². The summed E-state index contributed by atoms with van der Waals surface area (Å²) >= 11 is 0. The number of sulfone groups is 1. The Balaban J connectivity index is 0.00000361. The number of benzene rings is 1. The zero-order valence-electron chi connectivity index (χ0n) is 11.5. The fraction of sp³-hybridized carbons (Fsp3) is 0.455. The zero-order chi connectivity index (χ0) is 14.9. The number of nitrogens with one attached hydrogen (secondary N) is 1. The molecule has 0 radical (unpaired) electrons. The first-order valence-electron chi connectivity index (χ1n) is 5.52. The molecule has 0 heterocycles. The molecule has 0 aliphatic heterocycles. The van der Waals surface area contributed by atoms with Crippen molar-refractivity contribution in [2.45, 2.75) is 29.2 Å². The molecular formula is C11H19ClN2O4S2. The molecule has 0 aliphatic rings. The minimum Gasteiger partial charge on any atom is -0.329 e. The number of sulfonamides is 1. The summed E-state index contributed by atoms with van der Waals surface area (Å²) in [5.74, 6) is 0. The smallest absolute Gasteiger partial charge is 0.241 e. The van der Waals surface area contributed by atoms with Gasteiger partial charge in [-0.25, -0.2) is 21.6 Å². The van der Waals surface area contributed by atoms with Gasteiger partial charge in [0.1, 0.15) is 0 Å². The summed E-state index contributed by atoms with van der Waals surface area (Å²) in [6.07, 6.45) is 1.06. The Morgan fingerprint density at radius 1 is 1.05 bits per heavy atom. The normalized spacial score (nSPS) is 12.8. The summed E-state index contributed by atoms with van der Waals surface area (Å²) in [5, 5.41) is 0. The highest BCUT2D eigenvalue weighted by Gasteiger charge is 2.25. The molecule has 0 aromatic heterocycles. The van der Waals surface area contributed by atoms with Crippen LogP contribution in [0.2, 0.25) is 0 Å². The van der Waals surface area contributed by atoms with Gasteiger partial charge >= 0.3 is 0 Å². The maximum absolute atomic E-state index is 12.1. The Labute approximate surface area is 126 Å². The molecule has 1 aromatic carbocycles. The van der Waals surface area contributed by atoms with Crippen LogP contribution >= 0.6 is 12.4 Å². The van der Waals surface area contributed by atoms with E-state index >= 15 is 0 Å². The molecular weight excluding hydrogens is 324 g/mol. The van der Waals surface area contributed by atoms with E-state index in [0.29, 0.717) is 0 Å². The maximum Gasteiger partial charge on any atom is 0.241 e. The molecule has 0 bridgehead atoms. The van der Waals surface area contributed by atoms with Crippen LogP contribution in [0.5, 0.6) is 0 Å². The first kappa shape index (κ1) is 19.3. The average molecular weight is 343 g/mol. The van der Waals surface area contributed by atoms with Crippen molar-refractivity contribution in [2.75, 3.05) is 12.8 Å². The zero-order valence-corrected chi connectivity index (χ0v) is 13.9. The van der Waals surface area contributed by atoms with Crippen molar-refractivity contribution in [3.63, 3.8) is 0 Å². The Bertz CT molecular complexity index is 652. The third-order valence-electron chi connectivity index (χ3n) is 2.48. The van der Waals surface area contributed by atoms with E-state index in [1.165, 1.54) is 24.3 Å². The molecule has 6 nitrogen and oxygen atoms in total. The van der Waals surface area contributed by atoms with Crippen LogP contribution in [-0.4, -0.2) is 35.2 Å². The predicted molar refractivity (Wildman–Crippen MR) is 80.3 cm³/mol. The summed E-state index contributed by atoms with van der Waals surface area (Å²) in [7, 11) is -7.06. The molecule has 0 unspecified atom stereocenters. The Morgan fingerprint density at radius 3 is 1.80 bits per heavy atom. The van der Waals surface area contributed by atoms with Crippen molar-refractivity contribution in [3.05, 3.63) is 24.3 Å². The summed E-state index contributed by atoms with van der Waals surface area (Å²) in [6, 6.07) is 5.04. The molecule has 0 aliphatic carbocycles. The monoisotopic (exact) mass is 342 g/mol. The molecule has 9 heteroatoms. The van der Waals surface area contributed by atoms with Gasteiger partial charge in [0.25, 0.3) is 0 Å². The van der Waals surface area contributed by atoms with E-state index in [1.807, 2.05) is 0 Å². The fourth-order valence-corrected chi connectivity index (χ4v) is 3.38. The second-order valence-corrected chi connectivity index (χ2v) is 8.64. The van der Waals surface area contributed by atoms with Gasteiger partial charge in [0.05, 0.1) is 9.79 Å². The van der Waals surface area contributed by atoms with Crippen LogP contribution in [0.3, 0.4) is 0 Å². The second kappa shape index (κ2) is 6.40. The molecule has 0 amide bonds. The first-order valence-corrected chi connectivity index (χ1v) is 8.90. The number of nitrogens with two attached hydrogens (primary N) is 1. The van der Waals surface area contributed by atoms with Crippen molar-refractivity contribution in [1.29, 1.82) is 0 Å². The predicted octanol–water partition coefficient (Wildman–Crippen LogP) is 0.528. The van der Waals surface area contributed by atoms with Crippen LogP contribution in [-0.2, 0) is 19.9 Å². The Hall–Kier alpha value is -0.670. The lowest BCUT2D eigenvalue weighted by Crippen LogP contribution is -2.48. The molecule has 20 heavy (non-hydrogen) atoms. The van der Waals surface area contributed by atoms with E-state index in [4.69, 9.17) is 5.73 Å². The average Bonchev–Trinajstić information content (AvgIpc) is 2.27. The highest BCUT2D eigenvalue weighted by Crippen LogP contribution is 2.16. The molecule has 0 saturated heterocycles. The van der Waals surface area contributed by atoms with E-state index in [2.05, 4.69) is 4.72 Å². The molecule has 0 spiro atoms. The lowest BCUT2D eigenvalue weighted by atomic mass is 10.1. The van der Waals surface area contributed by atoms with Crippen LogP contribution in [0, 0.1) is 0 Å². The molecule has 1 rings (SSSR count). The van der Waals surface area contributed by atoms with Crippen molar-refractivity contribution in [1.82, 2.24) is 4.72 Å². The lowest BCUT2D eigenvalue weighted by Gasteiger charge is -2.23. The van der Waals surface area contributed by atoms with Gasteiger partial charge in [0.2, 0.25) is 10.0 Å². The van der Waals surface area contributed by atoms with Gasteiger partial charge in [-0.15, -0.1) is 12.4 Å². The van der Waals surface area contributed by atoms with Gasteiger partial charge in [0.15, 0.2) is 9.84 Å².